The molecule has 2 atom stereocenters. The highest BCUT2D eigenvalue weighted by atomic mass is 16.2. The molecule has 3 aliphatic carbocycles. The topological polar surface area (TPSA) is 95.7 Å². The van der Waals surface area contributed by atoms with Gasteiger partial charge in [-0.15, -0.1) is 0 Å². The van der Waals surface area contributed by atoms with Gasteiger partial charge < -0.3 is 20.9 Å². The average molecular weight is 348 g/mol. The summed E-state index contributed by atoms with van der Waals surface area (Å²) in [6.45, 7) is 1.30. The van der Waals surface area contributed by atoms with E-state index in [1.807, 2.05) is 4.90 Å². The minimum Gasteiger partial charge on any atom is -0.353 e. The quantitative estimate of drug-likeness (QED) is 0.668. The Morgan fingerprint density at radius 3 is 2.24 bits per heavy atom. The number of hydrogen-bond acceptors (Lipinski definition) is 4. The largest absolute Gasteiger partial charge is 0.353 e. The Hall–Kier alpha value is -1.63. The first-order chi connectivity index (χ1) is 12.1. The monoisotopic (exact) mass is 348 g/mol. The highest BCUT2D eigenvalue weighted by molar-refractivity contribution is 5.90. The van der Waals surface area contributed by atoms with Gasteiger partial charge in [-0.05, 0) is 44.9 Å². The SMILES string of the molecule is NCCNC(=O)C1CC(N(C(=O)C2CC2)C2CC2)CN1C(=O)C1CC1. The Bertz CT molecular complexity index is 569. The van der Waals surface area contributed by atoms with Gasteiger partial charge in [0.25, 0.3) is 0 Å². The number of nitrogens with zero attached hydrogens (tertiary/aromatic N) is 2. The summed E-state index contributed by atoms with van der Waals surface area (Å²) in [5.41, 5.74) is 5.48. The molecule has 3 saturated carbocycles. The molecule has 7 nitrogen and oxygen atoms in total. The Morgan fingerprint density at radius 1 is 1.00 bits per heavy atom. The zero-order valence-electron chi connectivity index (χ0n) is 14.7. The molecule has 1 aliphatic heterocycles. The standard InChI is InChI=1S/C18H28N4O3/c19-7-8-20-16(23)15-9-14(10-21(15)17(24)11-1-2-11)22(13-5-6-13)18(25)12-3-4-12/h11-15H,1-10,19H2,(H,20,23). The maximum atomic E-state index is 12.8. The van der Waals surface area contributed by atoms with Crippen LogP contribution in [-0.4, -0.2) is 65.3 Å². The van der Waals surface area contributed by atoms with Crippen LogP contribution < -0.4 is 11.1 Å². The van der Waals surface area contributed by atoms with Gasteiger partial charge in [0.2, 0.25) is 17.7 Å². The second kappa shape index (κ2) is 6.59. The first-order valence-corrected chi connectivity index (χ1v) is 9.70. The van der Waals surface area contributed by atoms with E-state index in [0.717, 1.165) is 38.5 Å². The van der Waals surface area contributed by atoms with E-state index in [1.54, 1.807) is 4.90 Å². The van der Waals surface area contributed by atoms with Crippen LogP contribution in [0.2, 0.25) is 0 Å². The lowest BCUT2D eigenvalue weighted by molar-refractivity contribution is -0.139. The maximum absolute atomic E-state index is 12.8. The summed E-state index contributed by atoms with van der Waals surface area (Å²) in [4.78, 5) is 41.8. The van der Waals surface area contributed by atoms with Gasteiger partial charge in [-0.25, -0.2) is 0 Å². The second-order valence-corrected chi connectivity index (χ2v) is 8.00. The molecule has 138 valence electrons. The van der Waals surface area contributed by atoms with Crippen LogP contribution in [0.25, 0.3) is 0 Å². The third-order valence-electron chi connectivity index (χ3n) is 5.75. The molecule has 1 heterocycles. The van der Waals surface area contributed by atoms with Crippen LogP contribution in [0.5, 0.6) is 0 Å². The van der Waals surface area contributed by atoms with Crippen LogP contribution in [0.1, 0.15) is 44.9 Å². The van der Waals surface area contributed by atoms with Gasteiger partial charge in [0.05, 0.1) is 6.04 Å². The molecule has 7 heteroatoms. The van der Waals surface area contributed by atoms with E-state index in [2.05, 4.69) is 5.32 Å². The van der Waals surface area contributed by atoms with Gasteiger partial charge in [0.15, 0.2) is 0 Å². The highest BCUT2D eigenvalue weighted by Crippen LogP contribution is 2.40. The van der Waals surface area contributed by atoms with E-state index in [0.29, 0.717) is 32.1 Å². The predicted molar refractivity (Wildman–Crippen MR) is 91.3 cm³/mol. The van der Waals surface area contributed by atoms with E-state index in [4.69, 9.17) is 5.73 Å². The molecular weight excluding hydrogens is 320 g/mol. The zero-order valence-corrected chi connectivity index (χ0v) is 14.7. The van der Waals surface area contributed by atoms with Crippen molar-refractivity contribution in [3.8, 4) is 0 Å². The summed E-state index contributed by atoms with van der Waals surface area (Å²) < 4.78 is 0. The third-order valence-corrected chi connectivity index (χ3v) is 5.75. The lowest BCUT2D eigenvalue weighted by atomic mass is 10.1. The number of nitrogens with one attached hydrogen (secondary N) is 1. The van der Waals surface area contributed by atoms with Crippen LogP contribution >= 0.6 is 0 Å². The smallest absolute Gasteiger partial charge is 0.242 e. The van der Waals surface area contributed by atoms with E-state index in [-0.39, 0.29) is 35.6 Å². The first kappa shape index (κ1) is 16.8. The molecule has 0 bridgehead atoms. The Morgan fingerprint density at radius 2 is 1.68 bits per heavy atom. The summed E-state index contributed by atoms with van der Waals surface area (Å²) in [6.07, 6.45) is 6.48. The van der Waals surface area contributed by atoms with Crippen LogP contribution in [0.4, 0.5) is 0 Å². The summed E-state index contributed by atoms with van der Waals surface area (Å²) in [5, 5.41) is 2.83. The molecule has 0 spiro atoms. The van der Waals surface area contributed by atoms with E-state index < -0.39 is 6.04 Å². The molecule has 0 aromatic rings. The second-order valence-electron chi connectivity index (χ2n) is 8.00. The molecule has 4 fully saturated rings. The first-order valence-electron chi connectivity index (χ1n) is 9.70. The summed E-state index contributed by atoms with van der Waals surface area (Å²) >= 11 is 0. The fraction of sp³-hybridized carbons (Fsp3) is 0.833. The Balaban J connectivity index is 1.50. The predicted octanol–water partition coefficient (Wildman–Crippen LogP) is -0.158. The van der Waals surface area contributed by atoms with Crippen molar-refractivity contribution in [1.82, 2.24) is 15.1 Å². The van der Waals surface area contributed by atoms with Crippen LogP contribution in [0, 0.1) is 11.8 Å². The van der Waals surface area contributed by atoms with Crippen LogP contribution in [0.15, 0.2) is 0 Å². The average Bonchev–Trinajstić information content (AvgIpc) is 3.46. The van der Waals surface area contributed by atoms with Crippen LogP contribution in [-0.2, 0) is 14.4 Å². The van der Waals surface area contributed by atoms with Crippen molar-refractivity contribution < 1.29 is 14.4 Å². The molecule has 4 aliphatic rings. The molecule has 0 aromatic heterocycles. The van der Waals surface area contributed by atoms with Crippen molar-refractivity contribution in [2.45, 2.75) is 63.1 Å². The van der Waals surface area contributed by atoms with Crippen molar-refractivity contribution in [2.75, 3.05) is 19.6 Å². The molecule has 25 heavy (non-hydrogen) atoms. The molecule has 1 saturated heterocycles. The molecular formula is C18H28N4O3. The molecule has 3 N–H and O–H groups in total. The number of carbonyl (C=O) groups is 3. The van der Waals surface area contributed by atoms with Gasteiger partial charge in [0, 0.05) is 37.5 Å². The van der Waals surface area contributed by atoms with Crippen molar-refractivity contribution in [3.63, 3.8) is 0 Å². The minimum absolute atomic E-state index is 0.0167. The minimum atomic E-state index is -0.460. The Kier molecular flexibility index (Phi) is 4.43. The number of rotatable bonds is 7. The van der Waals surface area contributed by atoms with Crippen molar-refractivity contribution in [3.05, 3.63) is 0 Å². The fourth-order valence-corrected chi connectivity index (χ4v) is 3.94. The van der Waals surface area contributed by atoms with E-state index in [1.165, 1.54) is 0 Å². The van der Waals surface area contributed by atoms with E-state index >= 15 is 0 Å². The zero-order chi connectivity index (χ0) is 17.6. The van der Waals surface area contributed by atoms with Crippen LogP contribution in [0.3, 0.4) is 0 Å². The van der Waals surface area contributed by atoms with Gasteiger partial charge >= 0.3 is 0 Å². The number of likely N-dealkylation sites (tertiary alicyclic amines) is 1. The normalized spacial score (nSPS) is 28.8. The van der Waals surface area contributed by atoms with Gasteiger partial charge in [-0.3, -0.25) is 14.4 Å². The number of hydrogen-bond donors (Lipinski definition) is 2. The van der Waals surface area contributed by atoms with Gasteiger partial charge in [0.1, 0.15) is 6.04 Å². The molecule has 4 rings (SSSR count). The van der Waals surface area contributed by atoms with Crippen molar-refractivity contribution >= 4 is 17.7 Å². The van der Waals surface area contributed by atoms with Crippen molar-refractivity contribution in [1.29, 1.82) is 0 Å². The summed E-state index contributed by atoms with van der Waals surface area (Å²) in [6, 6.07) is -0.156. The van der Waals surface area contributed by atoms with E-state index in [9.17, 15) is 14.4 Å². The summed E-state index contributed by atoms with van der Waals surface area (Å²) in [5.74, 6) is 0.464. The number of carbonyl (C=O) groups excluding carboxylic acids is 3. The molecule has 2 unspecified atom stereocenters. The fourth-order valence-electron chi connectivity index (χ4n) is 3.94. The lowest BCUT2D eigenvalue weighted by Gasteiger charge is -2.29. The molecule has 0 aromatic carbocycles. The molecule has 3 amide bonds. The lowest BCUT2D eigenvalue weighted by Crippen LogP contribution is -2.47. The highest BCUT2D eigenvalue weighted by Gasteiger charge is 2.50. The van der Waals surface area contributed by atoms with Gasteiger partial charge in [-0.2, -0.15) is 0 Å². The maximum Gasteiger partial charge on any atom is 0.242 e. The Labute approximate surface area is 148 Å². The molecule has 0 radical (unpaired) electrons. The van der Waals surface area contributed by atoms with Crippen molar-refractivity contribution in [2.24, 2.45) is 17.6 Å². The number of nitrogens with two attached hydrogens (primary N) is 1. The van der Waals surface area contributed by atoms with Gasteiger partial charge in [-0.1, -0.05) is 0 Å². The summed E-state index contributed by atoms with van der Waals surface area (Å²) in [7, 11) is 0. The number of amides is 3. The third kappa shape index (κ3) is 3.52.